The molecule has 0 aliphatic heterocycles. The molecule has 4 nitrogen and oxygen atoms in total. The maximum Gasteiger partial charge on any atom is 0.251 e. The van der Waals surface area contributed by atoms with Crippen LogP contribution >= 0.6 is 0 Å². The van der Waals surface area contributed by atoms with E-state index in [9.17, 15) is 4.79 Å². The van der Waals surface area contributed by atoms with Gasteiger partial charge in [0, 0.05) is 18.0 Å². The smallest absolute Gasteiger partial charge is 0.251 e. The minimum absolute atomic E-state index is 0.0796. The van der Waals surface area contributed by atoms with Crippen molar-refractivity contribution in [1.29, 1.82) is 0 Å². The lowest BCUT2D eigenvalue weighted by atomic mass is 9.91. The summed E-state index contributed by atoms with van der Waals surface area (Å²) in [7, 11) is 1.59. The number of methoxy groups -OCH3 is 1. The minimum atomic E-state index is -0.138. The fourth-order valence-electron chi connectivity index (χ4n) is 3.18. The van der Waals surface area contributed by atoms with E-state index >= 15 is 0 Å². The van der Waals surface area contributed by atoms with Crippen molar-refractivity contribution in [2.45, 2.75) is 12.8 Å². The van der Waals surface area contributed by atoms with Gasteiger partial charge in [0.1, 0.15) is 0 Å². The van der Waals surface area contributed by atoms with Gasteiger partial charge in [0.2, 0.25) is 0 Å². The van der Waals surface area contributed by atoms with Gasteiger partial charge < -0.3 is 14.8 Å². The summed E-state index contributed by atoms with van der Waals surface area (Å²) in [5.74, 6) is 1.13. The third-order valence-electron chi connectivity index (χ3n) is 4.60. The van der Waals surface area contributed by atoms with Crippen molar-refractivity contribution in [3.05, 3.63) is 95.6 Å². The Morgan fingerprint density at radius 1 is 0.893 bits per heavy atom. The minimum Gasteiger partial charge on any atom is -0.493 e. The van der Waals surface area contributed by atoms with Crippen LogP contribution in [0.25, 0.3) is 0 Å². The van der Waals surface area contributed by atoms with Crippen LogP contribution in [0.4, 0.5) is 0 Å². The summed E-state index contributed by atoms with van der Waals surface area (Å²) in [5, 5.41) is 3.07. The normalized spacial score (nSPS) is 10.5. The van der Waals surface area contributed by atoms with E-state index in [0.29, 0.717) is 30.2 Å². The van der Waals surface area contributed by atoms with Crippen LogP contribution in [-0.4, -0.2) is 26.2 Å². The number of nitrogens with one attached hydrogen (secondary N) is 1. The molecule has 1 N–H and O–H groups in total. The van der Waals surface area contributed by atoms with Crippen molar-refractivity contribution in [2.75, 3.05) is 20.3 Å². The van der Waals surface area contributed by atoms with E-state index in [1.54, 1.807) is 25.3 Å². The zero-order valence-corrected chi connectivity index (χ0v) is 16.2. The number of hydrogen-bond donors (Lipinski definition) is 1. The molecule has 0 unspecified atom stereocenters. The Morgan fingerprint density at radius 2 is 1.50 bits per heavy atom. The van der Waals surface area contributed by atoms with E-state index in [4.69, 9.17) is 9.47 Å². The van der Waals surface area contributed by atoms with Crippen LogP contribution in [0.2, 0.25) is 0 Å². The maximum atomic E-state index is 12.8. The number of carbonyl (C=O) groups excluding carboxylic acids is 1. The Bertz CT molecular complexity index is 855. The van der Waals surface area contributed by atoms with Crippen molar-refractivity contribution in [2.24, 2.45) is 0 Å². The van der Waals surface area contributed by atoms with Crippen molar-refractivity contribution in [3.8, 4) is 11.5 Å². The molecule has 1 amide bonds. The predicted octanol–water partition coefficient (Wildman–Crippen LogP) is 4.66. The average molecular weight is 375 g/mol. The zero-order valence-electron chi connectivity index (χ0n) is 16.2. The molecule has 3 aromatic carbocycles. The van der Waals surface area contributed by atoms with Gasteiger partial charge in [-0.05, 0) is 36.2 Å². The van der Waals surface area contributed by atoms with Gasteiger partial charge in [-0.3, -0.25) is 4.79 Å². The van der Waals surface area contributed by atoms with E-state index in [1.807, 2.05) is 43.3 Å². The Hall–Kier alpha value is -3.27. The summed E-state index contributed by atoms with van der Waals surface area (Å²) in [5.41, 5.74) is 2.88. The van der Waals surface area contributed by atoms with Gasteiger partial charge in [0.05, 0.1) is 13.7 Å². The Kier molecular flexibility index (Phi) is 6.68. The highest BCUT2D eigenvalue weighted by Crippen LogP contribution is 2.28. The second kappa shape index (κ2) is 9.60. The summed E-state index contributed by atoms with van der Waals surface area (Å²) < 4.78 is 10.9. The molecule has 0 saturated carbocycles. The molecule has 0 spiro atoms. The van der Waals surface area contributed by atoms with Crippen LogP contribution in [0.15, 0.2) is 78.9 Å². The lowest BCUT2D eigenvalue weighted by molar-refractivity contribution is 0.0952. The first-order valence-corrected chi connectivity index (χ1v) is 9.41. The van der Waals surface area contributed by atoms with Crippen molar-refractivity contribution in [3.63, 3.8) is 0 Å². The van der Waals surface area contributed by atoms with Crippen molar-refractivity contribution >= 4 is 5.91 Å². The Balaban J connectivity index is 1.78. The molecule has 144 valence electrons. The Morgan fingerprint density at radius 3 is 2.04 bits per heavy atom. The largest absolute Gasteiger partial charge is 0.493 e. The van der Waals surface area contributed by atoms with Crippen LogP contribution in [0.1, 0.15) is 34.3 Å². The molecule has 0 saturated heterocycles. The van der Waals surface area contributed by atoms with Gasteiger partial charge in [-0.2, -0.15) is 0 Å². The molecule has 0 fully saturated rings. The first-order valence-electron chi connectivity index (χ1n) is 9.41. The van der Waals surface area contributed by atoms with E-state index in [2.05, 4.69) is 29.6 Å². The molecule has 0 aliphatic rings. The molecule has 0 heterocycles. The monoisotopic (exact) mass is 375 g/mol. The fourth-order valence-corrected chi connectivity index (χ4v) is 3.18. The standard InChI is InChI=1S/C24H25NO3/c1-3-28-23-16-20(14-15-22(23)27-2)24(26)25-17-21(18-10-6-4-7-11-18)19-12-8-5-9-13-19/h4-16,21H,3,17H2,1-2H3,(H,25,26). The summed E-state index contributed by atoms with van der Waals surface area (Å²) in [6.07, 6.45) is 0. The molecular formula is C24H25NO3. The number of rotatable bonds is 8. The number of hydrogen-bond acceptors (Lipinski definition) is 3. The van der Waals surface area contributed by atoms with E-state index in [-0.39, 0.29) is 11.8 Å². The summed E-state index contributed by atoms with van der Waals surface area (Å²) >= 11 is 0. The molecular weight excluding hydrogens is 350 g/mol. The molecule has 0 radical (unpaired) electrons. The van der Waals surface area contributed by atoms with Crippen LogP contribution in [0.5, 0.6) is 11.5 Å². The van der Waals surface area contributed by atoms with Crippen LogP contribution in [0, 0.1) is 0 Å². The van der Waals surface area contributed by atoms with Crippen molar-refractivity contribution in [1.82, 2.24) is 5.32 Å². The van der Waals surface area contributed by atoms with Crippen molar-refractivity contribution < 1.29 is 14.3 Å². The second-order valence-corrected chi connectivity index (χ2v) is 6.38. The highest BCUT2D eigenvalue weighted by molar-refractivity contribution is 5.95. The quantitative estimate of drug-likeness (QED) is 0.623. The average Bonchev–Trinajstić information content (AvgIpc) is 2.75. The number of amides is 1. The molecule has 3 rings (SSSR count). The molecule has 0 bridgehead atoms. The molecule has 0 aromatic heterocycles. The maximum absolute atomic E-state index is 12.8. The van der Waals surface area contributed by atoms with Gasteiger partial charge in [0.25, 0.3) is 5.91 Å². The Labute approximate surface area is 166 Å². The number of ether oxygens (including phenoxy) is 2. The lowest BCUT2D eigenvalue weighted by Gasteiger charge is -2.19. The molecule has 4 heteroatoms. The van der Waals surface area contributed by atoms with E-state index < -0.39 is 0 Å². The topological polar surface area (TPSA) is 47.6 Å². The summed E-state index contributed by atoms with van der Waals surface area (Å²) in [6.45, 7) is 2.91. The van der Waals surface area contributed by atoms with Gasteiger partial charge >= 0.3 is 0 Å². The first kappa shape index (κ1) is 19.5. The third-order valence-corrected chi connectivity index (χ3v) is 4.60. The van der Waals surface area contributed by atoms with E-state index in [1.165, 1.54) is 11.1 Å². The van der Waals surface area contributed by atoms with Gasteiger partial charge in [-0.1, -0.05) is 60.7 Å². The molecule has 3 aromatic rings. The first-order chi connectivity index (χ1) is 13.7. The third kappa shape index (κ3) is 4.71. The highest BCUT2D eigenvalue weighted by atomic mass is 16.5. The fraction of sp³-hybridized carbons (Fsp3) is 0.208. The molecule has 0 atom stereocenters. The predicted molar refractivity (Wildman–Crippen MR) is 111 cm³/mol. The molecule has 28 heavy (non-hydrogen) atoms. The zero-order chi connectivity index (χ0) is 19.8. The summed E-state index contributed by atoms with van der Waals surface area (Å²) in [6, 6.07) is 25.6. The SMILES string of the molecule is CCOc1cc(C(=O)NCC(c2ccccc2)c2ccccc2)ccc1OC. The highest BCUT2D eigenvalue weighted by Gasteiger charge is 2.17. The van der Waals surface area contributed by atoms with Crippen LogP contribution in [0.3, 0.4) is 0 Å². The molecule has 0 aliphatic carbocycles. The van der Waals surface area contributed by atoms with Crippen LogP contribution in [-0.2, 0) is 0 Å². The van der Waals surface area contributed by atoms with Gasteiger partial charge in [-0.25, -0.2) is 0 Å². The van der Waals surface area contributed by atoms with Gasteiger partial charge in [-0.15, -0.1) is 0 Å². The van der Waals surface area contributed by atoms with Crippen LogP contribution < -0.4 is 14.8 Å². The number of carbonyl (C=O) groups is 1. The lowest BCUT2D eigenvalue weighted by Crippen LogP contribution is -2.29. The number of benzene rings is 3. The second-order valence-electron chi connectivity index (χ2n) is 6.38. The van der Waals surface area contributed by atoms with E-state index in [0.717, 1.165) is 0 Å². The van der Waals surface area contributed by atoms with Gasteiger partial charge in [0.15, 0.2) is 11.5 Å². The summed E-state index contributed by atoms with van der Waals surface area (Å²) in [4.78, 5) is 12.8.